The summed E-state index contributed by atoms with van der Waals surface area (Å²) in [5.74, 6) is 0.0703. The third kappa shape index (κ3) is 2.27. The van der Waals surface area contributed by atoms with Gasteiger partial charge in [-0.3, -0.25) is 0 Å². The van der Waals surface area contributed by atoms with Gasteiger partial charge in [0.05, 0.1) is 0 Å². The second-order valence-corrected chi connectivity index (χ2v) is 4.64. The third-order valence-electron chi connectivity index (χ3n) is 2.94. The molecular formula is C14H16N2O2. The Morgan fingerprint density at radius 3 is 2.33 bits per heavy atom. The summed E-state index contributed by atoms with van der Waals surface area (Å²) in [6.07, 6.45) is 0. The molecule has 18 heavy (non-hydrogen) atoms. The van der Waals surface area contributed by atoms with E-state index in [0.717, 1.165) is 5.56 Å². The van der Waals surface area contributed by atoms with Gasteiger partial charge in [-0.2, -0.15) is 0 Å². The van der Waals surface area contributed by atoms with Crippen LogP contribution in [0.15, 0.2) is 24.3 Å². The SMILES string of the molecule is Cc1[nH]c(-c2ccc(C(C)C)cc2)nc1C(=O)O. The van der Waals surface area contributed by atoms with Gasteiger partial charge < -0.3 is 10.1 Å². The van der Waals surface area contributed by atoms with Crippen molar-refractivity contribution in [2.45, 2.75) is 26.7 Å². The Labute approximate surface area is 106 Å². The minimum atomic E-state index is -1.01. The molecule has 2 rings (SSSR count). The van der Waals surface area contributed by atoms with Gasteiger partial charge in [0.25, 0.3) is 0 Å². The van der Waals surface area contributed by atoms with Crippen LogP contribution in [0.2, 0.25) is 0 Å². The summed E-state index contributed by atoms with van der Waals surface area (Å²) in [7, 11) is 0. The number of benzene rings is 1. The van der Waals surface area contributed by atoms with Gasteiger partial charge in [0.1, 0.15) is 5.82 Å². The van der Waals surface area contributed by atoms with Crippen molar-refractivity contribution < 1.29 is 9.90 Å². The Balaban J connectivity index is 2.37. The first-order chi connectivity index (χ1) is 8.49. The largest absolute Gasteiger partial charge is 0.476 e. The van der Waals surface area contributed by atoms with Crippen LogP contribution in [-0.2, 0) is 0 Å². The molecule has 1 heterocycles. The number of carbonyl (C=O) groups is 1. The standard InChI is InChI=1S/C14H16N2O2/c1-8(2)10-4-6-11(7-5-10)13-15-9(3)12(16-13)14(17)18/h4-8H,1-3H3,(H,15,16)(H,17,18). The normalized spacial score (nSPS) is 10.9. The van der Waals surface area contributed by atoms with E-state index in [-0.39, 0.29) is 5.69 Å². The fourth-order valence-electron chi connectivity index (χ4n) is 1.83. The van der Waals surface area contributed by atoms with Crippen LogP contribution >= 0.6 is 0 Å². The summed E-state index contributed by atoms with van der Waals surface area (Å²) in [6, 6.07) is 8.00. The van der Waals surface area contributed by atoms with Crippen molar-refractivity contribution in [3.8, 4) is 11.4 Å². The van der Waals surface area contributed by atoms with Gasteiger partial charge >= 0.3 is 5.97 Å². The number of aromatic amines is 1. The van der Waals surface area contributed by atoms with E-state index in [1.54, 1.807) is 6.92 Å². The van der Waals surface area contributed by atoms with Gasteiger partial charge in [0.2, 0.25) is 0 Å². The first-order valence-corrected chi connectivity index (χ1v) is 5.89. The highest BCUT2D eigenvalue weighted by Gasteiger charge is 2.14. The van der Waals surface area contributed by atoms with Crippen LogP contribution in [0.3, 0.4) is 0 Å². The van der Waals surface area contributed by atoms with E-state index in [0.29, 0.717) is 17.4 Å². The van der Waals surface area contributed by atoms with Crippen molar-refractivity contribution in [2.24, 2.45) is 0 Å². The molecule has 0 atom stereocenters. The minimum absolute atomic E-state index is 0.0814. The first-order valence-electron chi connectivity index (χ1n) is 5.89. The molecular weight excluding hydrogens is 228 g/mol. The summed E-state index contributed by atoms with van der Waals surface area (Å²) in [4.78, 5) is 18.0. The highest BCUT2D eigenvalue weighted by Crippen LogP contribution is 2.21. The molecule has 2 N–H and O–H groups in total. The Morgan fingerprint density at radius 1 is 1.28 bits per heavy atom. The van der Waals surface area contributed by atoms with Crippen LogP contribution in [0.1, 0.15) is 41.5 Å². The zero-order valence-electron chi connectivity index (χ0n) is 10.7. The first kappa shape index (κ1) is 12.4. The van der Waals surface area contributed by atoms with Gasteiger partial charge in [-0.1, -0.05) is 38.1 Å². The van der Waals surface area contributed by atoms with Gasteiger partial charge in [0.15, 0.2) is 5.69 Å². The molecule has 1 aromatic heterocycles. The lowest BCUT2D eigenvalue weighted by atomic mass is 10.0. The van der Waals surface area contributed by atoms with E-state index in [1.165, 1.54) is 5.56 Å². The van der Waals surface area contributed by atoms with Crippen molar-refractivity contribution in [3.63, 3.8) is 0 Å². The molecule has 0 radical (unpaired) electrons. The lowest BCUT2D eigenvalue weighted by molar-refractivity contribution is 0.0690. The zero-order valence-corrected chi connectivity index (χ0v) is 10.7. The van der Waals surface area contributed by atoms with Crippen molar-refractivity contribution in [1.29, 1.82) is 0 Å². The van der Waals surface area contributed by atoms with Crippen LogP contribution in [0, 0.1) is 6.92 Å². The summed E-state index contributed by atoms with van der Waals surface area (Å²) in [5, 5.41) is 8.96. The Morgan fingerprint density at radius 2 is 1.89 bits per heavy atom. The van der Waals surface area contributed by atoms with Crippen molar-refractivity contribution in [3.05, 3.63) is 41.2 Å². The van der Waals surface area contributed by atoms with Crippen molar-refractivity contribution >= 4 is 5.97 Å². The number of aromatic carboxylic acids is 1. The molecule has 1 aromatic carbocycles. The average Bonchev–Trinajstić information content (AvgIpc) is 2.71. The molecule has 0 aliphatic heterocycles. The highest BCUT2D eigenvalue weighted by atomic mass is 16.4. The maximum atomic E-state index is 10.9. The number of carboxylic acids is 1. The number of aromatic nitrogens is 2. The molecule has 0 saturated heterocycles. The van der Waals surface area contributed by atoms with Crippen LogP contribution in [-0.4, -0.2) is 21.0 Å². The Bertz CT molecular complexity index is 568. The molecule has 0 saturated carbocycles. The van der Waals surface area contributed by atoms with Crippen LogP contribution in [0.4, 0.5) is 0 Å². The van der Waals surface area contributed by atoms with E-state index in [2.05, 4.69) is 23.8 Å². The Hall–Kier alpha value is -2.10. The summed E-state index contributed by atoms with van der Waals surface area (Å²) < 4.78 is 0. The summed E-state index contributed by atoms with van der Waals surface area (Å²) in [6.45, 7) is 5.98. The molecule has 4 heteroatoms. The minimum Gasteiger partial charge on any atom is -0.476 e. The number of nitrogens with zero attached hydrogens (tertiary/aromatic N) is 1. The maximum absolute atomic E-state index is 10.9. The number of imidazole rings is 1. The van der Waals surface area contributed by atoms with E-state index < -0.39 is 5.97 Å². The molecule has 0 unspecified atom stereocenters. The van der Waals surface area contributed by atoms with Crippen molar-refractivity contribution in [1.82, 2.24) is 9.97 Å². The van der Waals surface area contributed by atoms with Crippen LogP contribution in [0.5, 0.6) is 0 Å². The van der Waals surface area contributed by atoms with E-state index >= 15 is 0 Å². The summed E-state index contributed by atoms with van der Waals surface area (Å²) in [5.41, 5.74) is 2.80. The van der Waals surface area contributed by atoms with Crippen LogP contribution < -0.4 is 0 Å². The molecule has 0 amide bonds. The fourth-order valence-corrected chi connectivity index (χ4v) is 1.83. The molecule has 0 bridgehead atoms. The van der Waals surface area contributed by atoms with Crippen LogP contribution in [0.25, 0.3) is 11.4 Å². The molecule has 0 aliphatic carbocycles. The topological polar surface area (TPSA) is 66.0 Å². The maximum Gasteiger partial charge on any atom is 0.356 e. The molecule has 0 spiro atoms. The smallest absolute Gasteiger partial charge is 0.356 e. The predicted octanol–water partition coefficient (Wildman–Crippen LogP) is 3.21. The third-order valence-corrected chi connectivity index (χ3v) is 2.94. The average molecular weight is 244 g/mol. The molecule has 4 nitrogen and oxygen atoms in total. The monoisotopic (exact) mass is 244 g/mol. The Kier molecular flexibility index (Phi) is 3.19. The second-order valence-electron chi connectivity index (χ2n) is 4.64. The van der Waals surface area contributed by atoms with Gasteiger partial charge in [-0.05, 0) is 18.4 Å². The highest BCUT2D eigenvalue weighted by molar-refractivity contribution is 5.87. The number of hydrogen-bond acceptors (Lipinski definition) is 2. The van der Waals surface area contributed by atoms with Gasteiger partial charge in [0, 0.05) is 11.3 Å². The molecule has 0 aliphatic rings. The molecule has 2 aromatic rings. The molecule has 0 fully saturated rings. The van der Waals surface area contributed by atoms with Gasteiger partial charge in [-0.15, -0.1) is 0 Å². The number of H-pyrrole nitrogens is 1. The zero-order chi connectivity index (χ0) is 13.3. The van der Waals surface area contributed by atoms with E-state index in [9.17, 15) is 4.79 Å². The van der Waals surface area contributed by atoms with Gasteiger partial charge in [-0.25, -0.2) is 9.78 Å². The quantitative estimate of drug-likeness (QED) is 0.871. The van der Waals surface area contributed by atoms with Crippen molar-refractivity contribution in [2.75, 3.05) is 0 Å². The summed E-state index contributed by atoms with van der Waals surface area (Å²) >= 11 is 0. The number of hydrogen-bond donors (Lipinski definition) is 2. The number of carboxylic acid groups (broad SMARTS) is 1. The predicted molar refractivity (Wildman–Crippen MR) is 69.8 cm³/mol. The lowest BCUT2D eigenvalue weighted by Gasteiger charge is -2.05. The van der Waals surface area contributed by atoms with E-state index in [1.807, 2.05) is 24.3 Å². The number of rotatable bonds is 3. The number of nitrogens with one attached hydrogen (secondary N) is 1. The fraction of sp³-hybridized carbons (Fsp3) is 0.286. The lowest BCUT2D eigenvalue weighted by Crippen LogP contribution is -1.98. The second kappa shape index (κ2) is 4.64. The number of aryl methyl sites for hydroxylation is 1. The molecule has 94 valence electrons. The van der Waals surface area contributed by atoms with E-state index in [4.69, 9.17) is 5.11 Å².